The molecule has 1 N–H and O–H groups in total. The molecule has 3 rings (SSSR count). The highest BCUT2D eigenvalue weighted by atomic mass is 32.2. The molecule has 0 aliphatic rings. The Morgan fingerprint density at radius 3 is 1.70 bits per heavy atom. The average molecular weight is 399 g/mol. The summed E-state index contributed by atoms with van der Waals surface area (Å²) >= 11 is 0. The van der Waals surface area contributed by atoms with E-state index in [-0.39, 0.29) is 4.90 Å². The van der Waals surface area contributed by atoms with Crippen LogP contribution >= 0.6 is 8.07 Å². The topological polar surface area (TPSA) is 55.4 Å². The molecule has 27 heavy (non-hydrogen) atoms. The minimum absolute atomic E-state index is 0.220. The Labute approximate surface area is 162 Å². The molecule has 0 bridgehead atoms. The third-order valence-corrected chi connectivity index (χ3v) is 8.85. The van der Waals surface area contributed by atoms with E-state index in [1.807, 2.05) is 62.4 Å². The molecule has 3 aromatic carbocycles. The van der Waals surface area contributed by atoms with E-state index in [1.165, 1.54) is 0 Å². The number of ether oxygens (including phenoxy) is 1. The van der Waals surface area contributed by atoms with E-state index in [0.29, 0.717) is 5.75 Å². The molecule has 0 fully saturated rings. The van der Waals surface area contributed by atoms with Gasteiger partial charge in [0.1, 0.15) is 5.75 Å². The SMILES string of the molecule is COc1ccc(S(=O)(=O)NP(c2ccccc2C)c2ccccc2C)cc1. The highest BCUT2D eigenvalue weighted by Gasteiger charge is 2.25. The van der Waals surface area contributed by atoms with Crippen molar-refractivity contribution in [1.82, 2.24) is 4.49 Å². The van der Waals surface area contributed by atoms with Gasteiger partial charge >= 0.3 is 0 Å². The Hall–Kier alpha value is -2.20. The van der Waals surface area contributed by atoms with Gasteiger partial charge in [0.2, 0.25) is 10.0 Å². The van der Waals surface area contributed by atoms with Crippen LogP contribution in [0.15, 0.2) is 77.7 Å². The van der Waals surface area contributed by atoms with Crippen LogP contribution in [0, 0.1) is 13.8 Å². The van der Waals surface area contributed by atoms with Crippen LogP contribution in [0.5, 0.6) is 5.75 Å². The van der Waals surface area contributed by atoms with Crippen molar-refractivity contribution in [3.8, 4) is 5.75 Å². The quantitative estimate of drug-likeness (QED) is 0.644. The van der Waals surface area contributed by atoms with E-state index in [9.17, 15) is 8.42 Å². The molecular weight excluding hydrogens is 377 g/mol. The Kier molecular flexibility index (Phi) is 5.95. The normalized spacial score (nSPS) is 11.6. The van der Waals surface area contributed by atoms with Crippen molar-refractivity contribution >= 4 is 28.7 Å². The maximum absolute atomic E-state index is 13.1. The number of aryl methyl sites for hydroxylation is 2. The summed E-state index contributed by atoms with van der Waals surface area (Å²) in [5.74, 6) is 0.619. The number of hydrogen-bond acceptors (Lipinski definition) is 3. The van der Waals surface area contributed by atoms with Gasteiger partial charge in [0, 0.05) is 8.07 Å². The molecule has 0 atom stereocenters. The van der Waals surface area contributed by atoms with Crippen LogP contribution in [-0.4, -0.2) is 15.5 Å². The summed E-state index contributed by atoms with van der Waals surface area (Å²) in [6.07, 6.45) is 0. The molecule has 3 aromatic rings. The first-order valence-corrected chi connectivity index (χ1v) is 11.3. The van der Waals surface area contributed by atoms with E-state index in [0.717, 1.165) is 21.7 Å². The largest absolute Gasteiger partial charge is 0.497 e. The van der Waals surface area contributed by atoms with E-state index < -0.39 is 18.1 Å². The van der Waals surface area contributed by atoms with Gasteiger partial charge in [0.15, 0.2) is 0 Å². The lowest BCUT2D eigenvalue weighted by atomic mass is 10.2. The van der Waals surface area contributed by atoms with Crippen molar-refractivity contribution in [1.29, 1.82) is 0 Å². The van der Waals surface area contributed by atoms with Gasteiger partial charge in [-0.05, 0) is 59.8 Å². The van der Waals surface area contributed by atoms with Gasteiger partial charge in [-0.3, -0.25) is 0 Å². The Balaban J connectivity index is 2.06. The Morgan fingerprint density at radius 1 is 0.778 bits per heavy atom. The van der Waals surface area contributed by atoms with E-state index >= 15 is 0 Å². The maximum atomic E-state index is 13.1. The second-order valence-corrected chi connectivity index (χ2v) is 10.0. The van der Waals surface area contributed by atoms with Crippen molar-refractivity contribution in [2.45, 2.75) is 18.7 Å². The second kappa shape index (κ2) is 8.22. The van der Waals surface area contributed by atoms with Gasteiger partial charge in [0.25, 0.3) is 0 Å². The summed E-state index contributed by atoms with van der Waals surface area (Å²) in [5, 5.41) is 2.00. The highest BCUT2D eigenvalue weighted by molar-refractivity contribution is 7.97. The van der Waals surface area contributed by atoms with Crippen LogP contribution in [0.2, 0.25) is 0 Å². The third kappa shape index (κ3) is 4.38. The molecular formula is C21H22NO3PS. The van der Waals surface area contributed by atoms with Crippen LogP contribution in [-0.2, 0) is 10.0 Å². The maximum Gasteiger partial charge on any atom is 0.244 e. The molecule has 0 heterocycles. The van der Waals surface area contributed by atoms with Gasteiger partial charge in [-0.25, -0.2) is 8.42 Å². The summed E-state index contributed by atoms with van der Waals surface area (Å²) in [7, 11) is -3.42. The van der Waals surface area contributed by atoms with Gasteiger partial charge in [-0.1, -0.05) is 48.5 Å². The van der Waals surface area contributed by atoms with Crippen LogP contribution in [0.25, 0.3) is 0 Å². The van der Waals surface area contributed by atoms with Crippen LogP contribution < -0.4 is 19.8 Å². The van der Waals surface area contributed by atoms with E-state index in [4.69, 9.17) is 4.74 Å². The van der Waals surface area contributed by atoms with Crippen LogP contribution in [0.3, 0.4) is 0 Å². The molecule has 0 saturated carbocycles. The molecule has 4 nitrogen and oxygen atoms in total. The fourth-order valence-corrected chi connectivity index (χ4v) is 7.03. The lowest BCUT2D eigenvalue weighted by Gasteiger charge is -2.23. The minimum atomic E-state index is -3.69. The number of benzene rings is 3. The molecule has 0 aliphatic carbocycles. The number of sulfonamides is 1. The zero-order chi connectivity index (χ0) is 19.4. The summed E-state index contributed by atoms with van der Waals surface area (Å²) in [5.41, 5.74) is 2.12. The zero-order valence-electron chi connectivity index (χ0n) is 15.5. The zero-order valence-corrected chi connectivity index (χ0v) is 17.2. The van der Waals surface area contributed by atoms with Crippen molar-refractivity contribution in [2.24, 2.45) is 0 Å². The van der Waals surface area contributed by atoms with Crippen molar-refractivity contribution in [3.63, 3.8) is 0 Å². The monoisotopic (exact) mass is 399 g/mol. The number of hydrogen-bond donors (Lipinski definition) is 1. The molecule has 0 aromatic heterocycles. The van der Waals surface area contributed by atoms with Crippen molar-refractivity contribution in [3.05, 3.63) is 83.9 Å². The number of nitrogens with one attached hydrogen (secondary N) is 1. The van der Waals surface area contributed by atoms with Crippen molar-refractivity contribution in [2.75, 3.05) is 7.11 Å². The first kappa shape index (κ1) is 19.6. The summed E-state index contributed by atoms with van der Waals surface area (Å²) in [4.78, 5) is 0.220. The minimum Gasteiger partial charge on any atom is -0.497 e. The van der Waals surface area contributed by atoms with Gasteiger partial charge in [-0.2, -0.15) is 4.49 Å². The fourth-order valence-electron chi connectivity index (χ4n) is 2.78. The molecule has 0 unspecified atom stereocenters. The molecule has 0 spiro atoms. The Bertz CT molecular complexity index is 988. The Morgan fingerprint density at radius 2 is 1.26 bits per heavy atom. The molecule has 0 radical (unpaired) electrons. The molecule has 0 aliphatic heterocycles. The van der Waals surface area contributed by atoms with Gasteiger partial charge in [-0.15, -0.1) is 0 Å². The van der Waals surface area contributed by atoms with Gasteiger partial charge in [0.05, 0.1) is 12.0 Å². The molecule has 0 amide bonds. The smallest absolute Gasteiger partial charge is 0.244 e. The lowest BCUT2D eigenvalue weighted by Crippen LogP contribution is -2.30. The summed E-state index contributed by atoms with van der Waals surface area (Å²) in [6.45, 7) is 4.01. The second-order valence-electron chi connectivity index (χ2n) is 6.18. The predicted octanol–water partition coefficient (Wildman–Crippen LogP) is 3.64. The predicted molar refractivity (Wildman–Crippen MR) is 112 cm³/mol. The lowest BCUT2D eigenvalue weighted by molar-refractivity contribution is 0.414. The first-order valence-electron chi connectivity index (χ1n) is 8.50. The van der Waals surface area contributed by atoms with Crippen molar-refractivity contribution < 1.29 is 13.2 Å². The number of rotatable bonds is 6. The molecule has 0 saturated heterocycles. The van der Waals surface area contributed by atoms with Crippen LogP contribution in [0.4, 0.5) is 0 Å². The van der Waals surface area contributed by atoms with Gasteiger partial charge < -0.3 is 4.74 Å². The standard InChI is InChI=1S/C21H22NO3PS/c1-16-8-4-6-10-20(16)26(21-11-7-5-9-17(21)2)22-27(23,24)19-14-12-18(25-3)13-15-19/h4-15,22H,1-3H3. The third-order valence-electron chi connectivity index (χ3n) is 4.29. The number of methoxy groups -OCH3 is 1. The average Bonchev–Trinajstić information content (AvgIpc) is 2.67. The summed E-state index contributed by atoms with van der Waals surface area (Å²) in [6, 6.07) is 22.2. The van der Waals surface area contributed by atoms with E-state index in [1.54, 1.807) is 31.4 Å². The molecule has 140 valence electrons. The fraction of sp³-hybridized carbons (Fsp3) is 0.143. The first-order chi connectivity index (χ1) is 12.9. The molecule has 6 heteroatoms. The van der Waals surface area contributed by atoms with Crippen LogP contribution in [0.1, 0.15) is 11.1 Å². The highest BCUT2D eigenvalue weighted by Crippen LogP contribution is 2.34. The van der Waals surface area contributed by atoms with E-state index in [2.05, 4.69) is 4.49 Å². The summed E-state index contributed by atoms with van der Waals surface area (Å²) < 4.78 is 34.2.